The van der Waals surface area contributed by atoms with Crippen LogP contribution in [0.4, 0.5) is 5.69 Å². The summed E-state index contributed by atoms with van der Waals surface area (Å²) in [5.41, 5.74) is 2.57. The molecule has 0 saturated carbocycles. The Kier molecular flexibility index (Phi) is 6.23. The number of non-ortho nitro benzene ring substituents is 1. The van der Waals surface area contributed by atoms with E-state index in [1.807, 2.05) is 54.7 Å². The van der Waals surface area contributed by atoms with Crippen LogP contribution in [0, 0.1) is 10.1 Å². The van der Waals surface area contributed by atoms with Gasteiger partial charge in [0.15, 0.2) is 29.2 Å². The Hall–Kier alpha value is -4.85. The number of fused-ring (bicyclic) bond motifs is 4. The van der Waals surface area contributed by atoms with Gasteiger partial charge < -0.3 is 18.9 Å². The molecule has 0 fully saturated rings. The molecule has 2 heterocycles. The first-order chi connectivity index (χ1) is 18.0. The van der Waals surface area contributed by atoms with Crippen molar-refractivity contribution in [1.29, 1.82) is 0 Å². The van der Waals surface area contributed by atoms with E-state index in [9.17, 15) is 10.1 Å². The first-order valence-corrected chi connectivity index (χ1v) is 11.5. The van der Waals surface area contributed by atoms with Crippen LogP contribution >= 0.6 is 0 Å². The number of hydrogen-bond donors (Lipinski definition) is 0. The molecule has 0 aliphatic carbocycles. The van der Waals surface area contributed by atoms with Crippen molar-refractivity contribution in [3.05, 3.63) is 88.2 Å². The van der Waals surface area contributed by atoms with Crippen LogP contribution < -0.4 is 23.3 Å². The summed E-state index contributed by atoms with van der Waals surface area (Å²) >= 11 is 0. The van der Waals surface area contributed by atoms with Crippen molar-refractivity contribution in [3.8, 4) is 23.0 Å². The first-order valence-electron chi connectivity index (χ1n) is 11.5. The number of nitro groups is 1. The smallest absolute Gasteiger partial charge is 0.270 e. The molecule has 5 rings (SSSR count). The van der Waals surface area contributed by atoms with Crippen molar-refractivity contribution in [1.82, 2.24) is 0 Å². The summed E-state index contributed by atoms with van der Waals surface area (Å²) in [5, 5.41) is 15.1. The van der Waals surface area contributed by atoms with E-state index in [4.69, 9.17) is 18.9 Å². The van der Waals surface area contributed by atoms with E-state index in [1.54, 1.807) is 40.6 Å². The Morgan fingerprint density at radius 2 is 1.35 bits per heavy atom. The molecule has 8 nitrogen and oxygen atoms in total. The van der Waals surface area contributed by atoms with Crippen LogP contribution in [0.15, 0.2) is 66.9 Å². The summed E-state index contributed by atoms with van der Waals surface area (Å²) in [4.78, 5) is 10.9. The fraction of sp³-hybridized carbons (Fsp3) is 0.138. The summed E-state index contributed by atoms with van der Waals surface area (Å²) < 4.78 is 24.3. The molecule has 5 aromatic rings. The standard InChI is InChI=1S/C29H25N2O6/c1-34-26-14-19-10-11-30-24(9-8-18-6-5-7-21(12-18)31(32)33)23-17-29(37-4)27(35-2)15-20(23)13-25(30)22(19)16-28(26)36-3/h5-17H,1-4H3/q+1/b9-8+. The second-order valence-electron chi connectivity index (χ2n) is 8.37. The lowest BCUT2D eigenvalue weighted by Gasteiger charge is -2.12. The minimum absolute atomic E-state index is 0.0380. The Morgan fingerprint density at radius 1 is 0.730 bits per heavy atom. The molecular weight excluding hydrogens is 472 g/mol. The van der Waals surface area contributed by atoms with Gasteiger partial charge in [0.25, 0.3) is 5.69 Å². The minimum atomic E-state index is -0.398. The fourth-order valence-corrected chi connectivity index (χ4v) is 4.58. The van der Waals surface area contributed by atoms with Crippen LogP contribution in [0.2, 0.25) is 0 Å². The van der Waals surface area contributed by atoms with Crippen molar-refractivity contribution in [2.24, 2.45) is 0 Å². The maximum Gasteiger partial charge on any atom is 0.270 e. The summed E-state index contributed by atoms with van der Waals surface area (Å²) in [6, 6.07) is 18.4. The van der Waals surface area contributed by atoms with Crippen LogP contribution in [0.5, 0.6) is 23.0 Å². The van der Waals surface area contributed by atoms with Gasteiger partial charge in [-0.05, 0) is 46.7 Å². The SMILES string of the molecule is COc1cc2cc3c4cc(OC)c(OC)cc4cc[n+]3c(/C=C/c3cccc([N+](=O)[O-])c3)c2cc1OC. The molecule has 0 radical (unpaired) electrons. The van der Waals surface area contributed by atoms with Gasteiger partial charge in [-0.1, -0.05) is 12.1 Å². The van der Waals surface area contributed by atoms with Gasteiger partial charge in [0.05, 0.1) is 44.1 Å². The number of ether oxygens (including phenoxy) is 4. The fourth-order valence-electron chi connectivity index (χ4n) is 4.58. The second-order valence-corrected chi connectivity index (χ2v) is 8.37. The molecule has 3 aromatic carbocycles. The van der Waals surface area contributed by atoms with Crippen LogP contribution in [0.25, 0.3) is 39.2 Å². The number of benzene rings is 3. The third-order valence-corrected chi connectivity index (χ3v) is 6.39. The lowest BCUT2D eigenvalue weighted by Crippen LogP contribution is -2.26. The Bertz CT molecular complexity index is 1710. The number of methoxy groups -OCH3 is 4. The Balaban J connectivity index is 1.84. The van der Waals surface area contributed by atoms with E-state index in [-0.39, 0.29) is 5.69 Å². The quantitative estimate of drug-likeness (QED) is 0.0923. The molecule has 0 atom stereocenters. The van der Waals surface area contributed by atoms with Crippen LogP contribution in [-0.2, 0) is 0 Å². The molecule has 8 heteroatoms. The minimum Gasteiger partial charge on any atom is -0.493 e. The van der Waals surface area contributed by atoms with E-state index < -0.39 is 4.92 Å². The first kappa shape index (κ1) is 23.9. The molecule has 0 saturated heterocycles. The van der Waals surface area contributed by atoms with E-state index in [0.29, 0.717) is 28.6 Å². The van der Waals surface area contributed by atoms with E-state index in [0.717, 1.165) is 32.8 Å². The zero-order valence-corrected chi connectivity index (χ0v) is 20.8. The van der Waals surface area contributed by atoms with Gasteiger partial charge in [0.1, 0.15) is 0 Å². The number of aromatic nitrogens is 1. The second kappa shape index (κ2) is 9.66. The van der Waals surface area contributed by atoms with E-state index in [2.05, 4.69) is 10.5 Å². The molecule has 0 N–H and O–H groups in total. The third kappa shape index (κ3) is 4.23. The molecular formula is C29H25N2O6+. The lowest BCUT2D eigenvalue weighted by atomic mass is 10.0. The summed E-state index contributed by atoms with van der Waals surface area (Å²) in [6.07, 6.45) is 5.81. The lowest BCUT2D eigenvalue weighted by molar-refractivity contribution is -0.511. The van der Waals surface area contributed by atoms with Gasteiger partial charge in [-0.3, -0.25) is 10.1 Å². The van der Waals surface area contributed by atoms with Crippen molar-refractivity contribution < 1.29 is 28.3 Å². The zero-order chi connectivity index (χ0) is 26.1. The van der Waals surface area contributed by atoms with Crippen molar-refractivity contribution in [3.63, 3.8) is 0 Å². The van der Waals surface area contributed by atoms with E-state index in [1.165, 1.54) is 6.07 Å². The van der Waals surface area contributed by atoms with Gasteiger partial charge in [-0.2, -0.15) is 4.40 Å². The largest absolute Gasteiger partial charge is 0.493 e. The van der Waals surface area contributed by atoms with E-state index >= 15 is 0 Å². The number of nitrogens with zero attached hydrogens (tertiary/aromatic N) is 2. The molecule has 0 amide bonds. The highest BCUT2D eigenvalue weighted by Gasteiger charge is 2.20. The van der Waals surface area contributed by atoms with Gasteiger partial charge in [0.2, 0.25) is 11.2 Å². The number of rotatable bonds is 7. The number of nitro benzene ring substituents is 1. The Labute approximate surface area is 213 Å². The summed E-state index contributed by atoms with van der Waals surface area (Å²) in [5.74, 6) is 2.50. The maximum absolute atomic E-state index is 11.3. The van der Waals surface area contributed by atoms with Gasteiger partial charge in [-0.15, -0.1) is 0 Å². The van der Waals surface area contributed by atoms with Gasteiger partial charge >= 0.3 is 0 Å². The monoisotopic (exact) mass is 497 g/mol. The third-order valence-electron chi connectivity index (χ3n) is 6.39. The number of hydrogen-bond acceptors (Lipinski definition) is 6. The predicted molar refractivity (Wildman–Crippen MR) is 143 cm³/mol. The highest BCUT2D eigenvalue weighted by molar-refractivity contribution is 6.01. The molecule has 0 aliphatic rings. The topological polar surface area (TPSA) is 84.2 Å². The van der Waals surface area contributed by atoms with Gasteiger partial charge in [-0.25, -0.2) is 0 Å². The molecule has 0 aliphatic heterocycles. The molecule has 37 heavy (non-hydrogen) atoms. The average Bonchev–Trinajstić information content (AvgIpc) is 2.93. The normalized spacial score (nSPS) is 11.4. The van der Waals surface area contributed by atoms with Crippen molar-refractivity contribution in [2.75, 3.05) is 28.4 Å². The van der Waals surface area contributed by atoms with Gasteiger partial charge in [0, 0.05) is 30.3 Å². The van der Waals surface area contributed by atoms with Crippen LogP contribution in [0.3, 0.4) is 0 Å². The molecule has 186 valence electrons. The zero-order valence-electron chi connectivity index (χ0n) is 20.8. The molecule has 0 unspecified atom stereocenters. The summed E-state index contributed by atoms with van der Waals surface area (Å²) in [6.45, 7) is 0. The van der Waals surface area contributed by atoms with Crippen LogP contribution in [-0.4, -0.2) is 33.4 Å². The van der Waals surface area contributed by atoms with Crippen LogP contribution in [0.1, 0.15) is 11.3 Å². The Morgan fingerprint density at radius 3 is 2.00 bits per heavy atom. The predicted octanol–water partition coefficient (Wildman–Crippen LogP) is 5.84. The highest BCUT2D eigenvalue weighted by Crippen LogP contribution is 2.37. The maximum atomic E-state index is 11.3. The van der Waals surface area contributed by atoms with Crippen molar-refractivity contribution in [2.45, 2.75) is 0 Å². The molecule has 2 aromatic heterocycles. The molecule has 0 bridgehead atoms. The molecule has 0 spiro atoms. The summed E-state index contributed by atoms with van der Waals surface area (Å²) in [7, 11) is 6.43. The van der Waals surface area contributed by atoms with Crippen molar-refractivity contribution >= 4 is 44.9 Å². The highest BCUT2D eigenvalue weighted by atomic mass is 16.6. The average molecular weight is 498 g/mol. The number of pyridine rings is 2.